The van der Waals surface area contributed by atoms with Crippen LogP contribution in [0.3, 0.4) is 0 Å². The Bertz CT molecular complexity index is 649. The minimum absolute atomic E-state index is 0.357. The average Bonchev–Trinajstić information content (AvgIpc) is 2.49. The Morgan fingerprint density at radius 1 is 1.14 bits per heavy atom. The monoisotopic (exact) mass is 281 g/mol. The van der Waals surface area contributed by atoms with E-state index in [9.17, 15) is 0 Å². The third-order valence-corrected chi connectivity index (χ3v) is 3.39. The maximum atomic E-state index is 5.95. The van der Waals surface area contributed by atoms with Crippen LogP contribution in [0.15, 0.2) is 36.4 Å². The van der Waals surface area contributed by atoms with Crippen molar-refractivity contribution in [3.8, 4) is 17.6 Å². The Kier molecular flexibility index (Phi) is 5.66. The number of nitrogens with two attached hydrogens (primary N) is 1. The van der Waals surface area contributed by atoms with Crippen LogP contribution in [0.5, 0.6) is 5.75 Å². The number of benzene rings is 2. The Hall–Kier alpha value is -1.98. The number of hydrogen-bond donors (Lipinski definition) is 1. The first-order chi connectivity index (χ1) is 10.2. The van der Waals surface area contributed by atoms with E-state index in [1.54, 1.807) is 0 Å². The second kappa shape index (κ2) is 7.71. The van der Waals surface area contributed by atoms with Gasteiger partial charge in [0.25, 0.3) is 0 Å². The second-order valence-corrected chi connectivity index (χ2v) is 5.55. The molecule has 0 aliphatic carbocycles. The lowest BCUT2D eigenvalue weighted by Crippen LogP contribution is -2.01. The fraction of sp³-hybridized carbons (Fsp3) is 0.368. The van der Waals surface area contributed by atoms with E-state index in [0.29, 0.717) is 12.5 Å². The van der Waals surface area contributed by atoms with Crippen LogP contribution in [0, 0.1) is 17.8 Å². The quantitative estimate of drug-likeness (QED) is 0.665. The van der Waals surface area contributed by atoms with Crippen molar-refractivity contribution in [1.29, 1.82) is 0 Å². The zero-order valence-electron chi connectivity index (χ0n) is 12.9. The molecule has 2 aromatic carbocycles. The first-order valence-electron chi connectivity index (χ1n) is 7.56. The molecule has 0 unspecified atom stereocenters. The first-order valence-corrected chi connectivity index (χ1v) is 7.56. The summed E-state index contributed by atoms with van der Waals surface area (Å²) in [5.41, 5.74) is 6.46. The van der Waals surface area contributed by atoms with Gasteiger partial charge in [-0.1, -0.05) is 56.0 Å². The van der Waals surface area contributed by atoms with Crippen LogP contribution in [-0.2, 0) is 0 Å². The SMILES string of the molecule is CC(C)CCCOc1ccc2ccccc2c1C#CCN. The molecule has 0 heterocycles. The normalized spacial score (nSPS) is 10.5. The van der Waals surface area contributed by atoms with Gasteiger partial charge < -0.3 is 10.5 Å². The largest absolute Gasteiger partial charge is 0.492 e. The lowest BCUT2D eigenvalue weighted by atomic mass is 10.0. The molecule has 2 rings (SSSR count). The molecular formula is C19H23NO. The van der Waals surface area contributed by atoms with E-state index in [1.807, 2.05) is 18.2 Å². The Morgan fingerprint density at radius 3 is 2.71 bits per heavy atom. The van der Waals surface area contributed by atoms with Gasteiger partial charge in [0, 0.05) is 5.39 Å². The van der Waals surface area contributed by atoms with E-state index in [4.69, 9.17) is 10.5 Å². The molecule has 0 amide bonds. The summed E-state index contributed by atoms with van der Waals surface area (Å²) in [6.07, 6.45) is 2.24. The van der Waals surface area contributed by atoms with Gasteiger partial charge in [-0.15, -0.1) is 0 Å². The number of hydrogen-bond acceptors (Lipinski definition) is 2. The zero-order chi connectivity index (χ0) is 15.1. The third kappa shape index (κ3) is 4.24. The molecule has 2 aromatic rings. The molecular weight excluding hydrogens is 258 g/mol. The molecule has 2 nitrogen and oxygen atoms in total. The van der Waals surface area contributed by atoms with Gasteiger partial charge in [0.15, 0.2) is 0 Å². The summed E-state index contributed by atoms with van der Waals surface area (Å²) >= 11 is 0. The van der Waals surface area contributed by atoms with Crippen molar-refractivity contribution < 1.29 is 4.74 Å². The van der Waals surface area contributed by atoms with Crippen molar-refractivity contribution in [2.24, 2.45) is 11.7 Å². The van der Waals surface area contributed by atoms with Crippen molar-refractivity contribution in [2.75, 3.05) is 13.2 Å². The van der Waals surface area contributed by atoms with E-state index in [0.717, 1.165) is 29.7 Å². The molecule has 0 saturated carbocycles. The molecule has 0 atom stereocenters. The van der Waals surface area contributed by atoms with Gasteiger partial charge in [0.05, 0.1) is 18.7 Å². The van der Waals surface area contributed by atoms with Crippen LogP contribution >= 0.6 is 0 Å². The Morgan fingerprint density at radius 2 is 1.95 bits per heavy atom. The molecule has 0 aliphatic rings. The molecule has 0 saturated heterocycles. The van der Waals surface area contributed by atoms with Crippen molar-refractivity contribution >= 4 is 10.8 Å². The summed E-state index contributed by atoms with van der Waals surface area (Å²) in [5.74, 6) is 7.68. The number of ether oxygens (including phenoxy) is 1. The predicted octanol–water partition coefficient (Wildman–Crippen LogP) is 3.97. The van der Waals surface area contributed by atoms with Crippen LogP contribution in [0.4, 0.5) is 0 Å². The van der Waals surface area contributed by atoms with Gasteiger partial charge in [-0.25, -0.2) is 0 Å². The van der Waals surface area contributed by atoms with Crippen molar-refractivity contribution in [2.45, 2.75) is 26.7 Å². The topological polar surface area (TPSA) is 35.2 Å². The number of fused-ring (bicyclic) bond motifs is 1. The van der Waals surface area contributed by atoms with E-state index in [-0.39, 0.29) is 0 Å². The van der Waals surface area contributed by atoms with Gasteiger partial charge in [0.2, 0.25) is 0 Å². The maximum Gasteiger partial charge on any atom is 0.135 e. The van der Waals surface area contributed by atoms with Gasteiger partial charge in [-0.3, -0.25) is 0 Å². The van der Waals surface area contributed by atoms with Crippen molar-refractivity contribution in [3.63, 3.8) is 0 Å². The van der Waals surface area contributed by atoms with Crippen LogP contribution in [0.2, 0.25) is 0 Å². The smallest absolute Gasteiger partial charge is 0.135 e. The molecule has 0 radical (unpaired) electrons. The van der Waals surface area contributed by atoms with E-state index in [2.05, 4.69) is 43.9 Å². The van der Waals surface area contributed by atoms with Crippen molar-refractivity contribution in [3.05, 3.63) is 42.0 Å². The second-order valence-electron chi connectivity index (χ2n) is 5.55. The molecule has 0 aromatic heterocycles. The van der Waals surface area contributed by atoms with E-state index in [1.165, 1.54) is 11.8 Å². The molecule has 21 heavy (non-hydrogen) atoms. The molecule has 2 heteroatoms. The molecule has 0 aliphatic heterocycles. The highest BCUT2D eigenvalue weighted by atomic mass is 16.5. The van der Waals surface area contributed by atoms with Gasteiger partial charge in [-0.2, -0.15) is 0 Å². The molecule has 0 fully saturated rings. The third-order valence-electron chi connectivity index (χ3n) is 3.39. The maximum absolute atomic E-state index is 5.95. The summed E-state index contributed by atoms with van der Waals surface area (Å²) in [7, 11) is 0. The Labute approximate surface area is 127 Å². The zero-order valence-corrected chi connectivity index (χ0v) is 12.9. The highest BCUT2D eigenvalue weighted by Crippen LogP contribution is 2.27. The minimum atomic E-state index is 0.357. The van der Waals surface area contributed by atoms with E-state index >= 15 is 0 Å². The fourth-order valence-electron chi connectivity index (χ4n) is 2.31. The van der Waals surface area contributed by atoms with Gasteiger partial charge >= 0.3 is 0 Å². The summed E-state index contributed by atoms with van der Waals surface area (Å²) in [5, 5.41) is 2.30. The molecule has 2 N–H and O–H groups in total. The minimum Gasteiger partial charge on any atom is -0.492 e. The lowest BCUT2D eigenvalue weighted by Gasteiger charge is -2.11. The first kappa shape index (κ1) is 15.4. The summed E-state index contributed by atoms with van der Waals surface area (Å²) in [4.78, 5) is 0. The van der Waals surface area contributed by atoms with E-state index < -0.39 is 0 Å². The van der Waals surface area contributed by atoms with Crippen LogP contribution < -0.4 is 10.5 Å². The molecule has 110 valence electrons. The van der Waals surface area contributed by atoms with Gasteiger partial charge in [-0.05, 0) is 30.2 Å². The predicted molar refractivity (Wildman–Crippen MR) is 89.4 cm³/mol. The molecule has 0 bridgehead atoms. The molecule has 0 spiro atoms. The van der Waals surface area contributed by atoms with Crippen LogP contribution in [0.25, 0.3) is 10.8 Å². The summed E-state index contributed by atoms with van der Waals surface area (Å²) < 4.78 is 5.95. The highest BCUT2D eigenvalue weighted by Gasteiger charge is 2.06. The van der Waals surface area contributed by atoms with Crippen LogP contribution in [-0.4, -0.2) is 13.2 Å². The number of rotatable bonds is 5. The Balaban J connectivity index is 2.25. The summed E-state index contributed by atoms with van der Waals surface area (Å²) in [6.45, 7) is 5.55. The van der Waals surface area contributed by atoms with Crippen molar-refractivity contribution in [1.82, 2.24) is 0 Å². The van der Waals surface area contributed by atoms with Gasteiger partial charge in [0.1, 0.15) is 5.75 Å². The highest BCUT2D eigenvalue weighted by molar-refractivity contribution is 5.90. The lowest BCUT2D eigenvalue weighted by molar-refractivity contribution is 0.297. The standard InChI is InChI=1S/C19H23NO/c1-15(2)7-6-14-21-19-12-11-16-8-3-4-9-17(16)18(19)10-5-13-20/h3-4,8-9,11-12,15H,6-7,13-14,20H2,1-2H3. The average molecular weight is 281 g/mol. The van der Waals surface area contributed by atoms with Crippen LogP contribution in [0.1, 0.15) is 32.3 Å². The summed E-state index contributed by atoms with van der Waals surface area (Å²) in [6, 6.07) is 12.3. The fourth-order valence-corrected chi connectivity index (χ4v) is 2.31.